The molecule has 1 unspecified atom stereocenters. The molecule has 0 amide bonds. The number of hydrogen-bond donors (Lipinski definition) is 2. The van der Waals surface area contributed by atoms with Gasteiger partial charge in [0.2, 0.25) is 5.78 Å². The maximum atomic E-state index is 13.1. The van der Waals surface area contributed by atoms with Crippen molar-refractivity contribution in [3.63, 3.8) is 0 Å². The summed E-state index contributed by atoms with van der Waals surface area (Å²) in [6, 6.07) is 12.3. The van der Waals surface area contributed by atoms with Crippen molar-refractivity contribution in [1.29, 1.82) is 0 Å². The first-order valence-electron chi connectivity index (χ1n) is 9.59. The highest BCUT2D eigenvalue weighted by molar-refractivity contribution is 8.07. The molecule has 3 N–H and O–H groups in total. The van der Waals surface area contributed by atoms with E-state index >= 15 is 0 Å². The van der Waals surface area contributed by atoms with Crippen LogP contribution in [0.3, 0.4) is 0 Å². The molecule has 5 nitrogen and oxygen atoms in total. The molecule has 164 valence electrons. The van der Waals surface area contributed by atoms with E-state index in [4.69, 9.17) is 33.7 Å². The Bertz CT molecular complexity index is 1030. The van der Waals surface area contributed by atoms with Gasteiger partial charge >= 0.3 is 0 Å². The molecular weight excluding hydrogens is 475 g/mol. The van der Waals surface area contributed by atoms with Crippen molar-refractivity contribution in [1.82, 2.24) is 0 Å². The van der Waals surface area contributed by atoms with E-state index in [1.165, 1.54) is 11.8 Å². The number of nitrogens with one attached hydrogen (secondary N) is 1. The fourth-order valence-corrected chi connectivity index (χ4v) is 5.32. The van der Waals surface area contributed by atoms with Crippen molar-refractivity contribution < 1.29 is 13.7 Å². The highest BCUT2D eigenvalue weighted by atomic mass is 35.5. The number of allylic oxidation sites excluding steroid dienone is 2. The summed E-state index contributed by atoms with van der Waals surface area (Å²) in [6.45, 7) is 2.98. The van der Waals surface area contributed by atoms with Gasteiger partial charge in [-0.15, -0.1) is 0 Å². The molecule has 31 heavy (non-hydrogen) atoms. The summed E-state index contributed by atoms with van der Waals surface area (Å²) in [7, 11) is -1.11. The molecule has 1 heterocycles. The van der Waals surface area contributed by atoms with Crippen LogP contribution in [-0.4, -0.2) is 29.0 Å². The number of rotatable bonds is 9. The summed E-state index contributed by atoms with van der Waals surface area (Å²) in [5.74, 6) is 0.160. The predicted molar refractivity (Wildman–Crippen MR) is 130 cm³/mol. The molecule has 0 saturated carbocycles. The Morgan fingerprint density at radius 2 is 1.87 bits per heavy atom. The SMILES string of the molecule is CCOCCS(=O)c1ccc(NC2=CCC(N)=C(C(=O)c3c(Cl)cccc3Cl)S2)cc1. The zero-order valence-electron chi connectivity index (χ0n) is 16.8. The molecule has 2 aromatic rings. The smallest absolute Gasteiger partial charge is 0.204 e. The second kappa shape index (κ2) is 11.2. The van der Waals surface area contributed by atoms with Crippen LogP contribution < -0.4 is 11.1 Å². The highest BCUT2D eigenvalue weighted by Gasteiger charge is 2.25. The largest absolute Gasteiger partial charge is 0.401 e. The second-order valence-electron chi connectivity index (χ2n) is 6.55. The van der Waals surface area contributed by atoms with E-state index in [-0.39, 0.29) is 21.4 Å². The van der Waals surface area contributed by atoms with E-state index in [1.54, 1.807) is 18.2 Å². The van der Waals surface area contributed by atoms with Crippen molar-refractivity contribution in [3.05, 3.63) is 79.8 Å². The van der Waals surface area contributed by atoms with E-state index in [9.17, 15) is 9.00 Å². The van der Waals surface area contributed by atoms with Crippen molar-refractivity contribution in [2.45, 2.75) is 18.2 Å². The third kappa shape index (κ3) is 6.14. The molecule has 0 radical (unpaired) electrons. The molecule has 0 spiro atoms. The Morgan fingerprint density at radius 3 is 2.52 bits per heavy atom. The molecule has 1 aliphatic rings. The van der Waals surface area contributed by atoms with Gasteiger partial charge in [-0.05, 0) is 49.4 Å². The van der Waals surface area contributed by atoms with Crippen molar-refractivity contribution in [3.8, 4) is 0 Å². The summed E-state index contributed by atoms with van der Waals surface area (Å²) < 4.78 is 17.5. The third-order valence-electron chi connectivity index (χ3n) is 4.41. The van der Waals surface area contributed by atoms with Crippen molar-refractivity contribution in [2.24, 2.45) is 5.73 Å². The van der Waals surface area contributed by atoms with Gasteiger partial charge in [-0.2, -0.15) is 0 Å². The zero-order valence-corrected chi connectivity index (χ0v) is 20.0. The quantitative estimate of drug-likeness (QED) is 0.348. The topological polar surface area (TPSA) is 81.4 Å². The predicted octanol–water partition coefficient (Wildman–Crippen LogP) is 5.58. The minimum Gasteiger partial charge on any atom is -0.401 e. The lowest BCUT2D eigenvalue weighted by Crippen LogP contribution is -2.14. The maximum absolute atomic E-state index is 13.1. The van der Waals surface area contributed by atoms with Crippen molar-refractivity contribution >= 4 is 57.2 Å². The molecule has 0 saturated heterocycles. The van der Waals surface area contributed by atoms with Crippen LogP contribution in [0, 0.1) is 0 Å². The van der Waals surface area contributed by atoms with Gasteiger partial charge in [-0.3, -0.25) is 9.00 Å². The lowest BCUT2D eigenvalue weighted by atomic mass is 10.1. The molecule has 9 heteroatoms. The van der Waals surface area contributed by atoms with E-state index in [2.05, 4.69) is 5.32 Å². The summed E-state index contributed by atoms with van der Waals surface area (Å²) >= 11 is 13.6. The zero-order chi connectivity index (χ0) is 22.4. The average Bonchev–Trinajstić information content (AvgIpc) is 2.75. The second-order valence-corrected chi connectivity index (χ2v) is 9.99. The van der Waals surface area contributed by atoms with Crippen LogP contribution in [0.25, 0.3) is 0 Å². The van der Waals surface area contributed by atoms with Crippen LogP contribution >= 0.6 is 35.0 Å². The number of hydrogen-bond acceptors (Lipinski definition) is 6. The van der Waals surface area contributed by atoms with Crippen LogP contribution in [0.4, 0.5) is 5.69 Å². The molecule has 0 aliphatic carbocycles. The van der Waals surface area contributed by atoms with E-state index in [1.807, 2.05) is 37.3 Å². The van der Waals surface area contributed by atoms with Gasteiger partial charge in [0.1, 0.15) is 0 Å². The number of Topliss-reactive ketones (excluding diaryl/α,β-unsaturated/α-hetero) is 1. The molecule has 2 aromatic carbocycles. The number of ether oxygens (including phenoxy) is 1. The van der Waals surface area contributed by atoms with Crippen LogP contribution in [0.2, 0.25) is 10.0 Å². The van der Waals surface area contributed by atoms with Gasteiger partial charge < -0.3 is 15.8 Å². The van der Waals surface area contributed by atoms with E-state index in [0.717, 1.165) is 15.6 Å². The van der Waals surface area contributed by atoms with Crippen LogP contribution in [0.15, 0.2) is 69.1 Å². The number of anilines is 1. The number of carbonyl (C=O) groups excluding carboxylic acids is 1. The molecule has 1 atom stereocenters. The molecule has 1 aliphatic heterocycles. The third-order valence-corrected chi connectivity index (χ3v) is 7.51. The summed E-state index contributed by atoms with van der Waals surface area (Å²) in [6.07, 6.45) is 2.34. The van der Waals surface area contributed by atoms with E-state index in [0.29, 0.717) is 36.0 Å². The van der Waals surface area contributed by atoms with Gasteiger partial charge in [0.15, 0.2) is 0 Å². The highest BCUT2D eigenvalue weighted by Crippen LogP contribution is 2.38. The molecule has 0 bridgehead atoms. The first kappa shape index (κ1) is 23.9. The van der Waals surface area contributed by atoms with Gasteiger partial charge in [0.25, 0.3) is 0 Å². The lowest BCUT2D eigenvalue weighted by Gasteiger charge is -2.19. The number of ketones is 1. The fourth-order valence-electron chi connectivity index (χ4n) is 2.84. The summed E-state index contributed by atoms with van der Waals surface area (Å²) in [5.41, 5.74) is 7.64. The molecular formula is C22H22Cl2N2O3S2. The Hall–Kier alpha value is -1.77. The summed E-state index contributed by atoms with van der Waals surface area (Å²) in [4.78, 5) is 14.2. The van der Waals surface area contributed by atoms with Crippen LogP contribution in [0.5, 0.6) is 0 Å². The Labute approximate surface area is 198 Å². The number of carbonyl (C=O) groups is 1. The standard InChI is InChI=1S/C22H22Cl2N2O3S2/c1-2-29-12-13-31(28)15-8-6-14(7-9-15)26-19-11-10-18(25)22(30-19)21(27)20-16(23)4-3-5-17(20)24/h3-9,11,26H,2,10,12-13,25H2,1H3. The minimum absolute atomic E-state index is 0.247. The monoisotopic (exact) mass is 496 g/mol. The minimum atomic E-state index is -1.11. The fraction of sp³-hybridized carbons (Fsp3) is 0.227. The Balaban J connectivity index is 1.68. The number of benzene rings is 2. The molecule has 0 aromatic heterocycles. The number of thioether (sulfide) groups is 1. The molecule has 0 fully saturated rings. The van der Waals surface area contributed by atoms with Gasteiger partial charge in [-0.1, -0.05) is 41.0 Å². The van der Waals surface area contributed by atoms with Gasteiger partial charge in [-0.25, -0.2) is 0 Å². The first-order chi connectivity index (χ1) is 14.9. The van der Waals surface area contributed by atoms with Crippen LogP contribution in [-0.2, 0) is 15.5 Å². The van der Waals surface area contributed by atoms with Gasteiger partial charge in [0, 0.05) is 29.3 Å². The van der Waals surface area contributed by atoms with E-state index < -0.39 is 10.8 Å². The average molecular weight is 497 g/mol. The number of halogens is 2. The van der Waals surface area contributed by atoms with Crippen LogP contribution in [0.1, 0.15) is 23.7 Å². The van der Waals surface area contributed by atoms with Gasteiger partial charge in [0.05, 0.1) is 48.7 Å². The normalized spacial score (nSPS) is 14.9. The maximum Gasteiger partial charge on any atom is 0.204 e. The Kier molecular flexibility index (Phi) is 8.63. The lowest BCUT2D eigenvalue weighted by molar-refractivity contribution is 0.104. The van der Waals surface area contributed by atoms with Crippen molar-refractivity contribution in [2.75, 3.05) is 24.3 Å². The first-order valence-corrected chi connectivity index (χ1v) is 12.5. The summed E-state index contributed by atoms with van der Waals surface area (Å²) in [5, 5.41) is 4.62. The molecule has 3 rings (SSSR count). The Morgan fingerprint density at radius 1 is 1.19 bits per heavy atom. The number of nitrogens with two attached hydrogens (primary N) is 1.